The number of anilines is 1. The summed E-state index contributed by atoms with van der Waals surface area (Å²) in [7, 11) is 0. The van der Waals surface area contributed by atoms with Crippen molar-refractivity contribution in [3.63, 3.8) is 0 Å². The molecular weight excluding hydrogens is 272 g/mol. The number of nitro groups is 1. The number of carbonyl (C=O) groups excluding carboxylic acids is 1. The van der Waals surface area contributed by atoms with E-state index in [1.807, 2.05) is 0 Å². The van der Waals surface area contributed by atoms with Crippen molar-refractivity contribution in [1.82, 2.24) is 9.55 Å². The molecule has 0 saturated carbocycles. The summed E-state index contributed by atoms with van der Waals surface area (Å²) in [6.07, 6.45) is 3.07. The maximum Gasteiger partial charge on any atom is 0.269 e. The Morgan fingerprint density at radius 3 is 2.63 bits per heavy atom. The summed E-state index contributed by atoms with van der Waals surface area (Å²) in [4.78, 5) is 25.5. The lowest BCUT2D eigenvalue weighted by molar-refractivity contribution is -0.384. The van der Waals surface area contributed by atoms with Crippen LogP contribution in [-0.4, -0.2) is 20.4 Å². The Bertz CT molecular complexity index is 609. The minimum absolute atomic E-state index is 0.0236. The van der Waals surface area contributed by atoms with E-state index in [2.05, 4.69) is 10.3 Å². The molecule has 1 N–H and O–H groups in total. The topological polar surface area (TPSA) is 90.1 Å². The number of imidazole rings is 1. The average molecular weight is 281 g/mol. The second-order valence-corrected chi connectivity index (χ2v) is 4.01. The summed E-state index contributed by atoms with van der Waals surface area (Å²) in [6, 6.07) is 5.57. The highest BCUT2D eigenvalue weighted by atomic mass is 35.5. The van der Waals surface area contributed by atoms with E-state index in [-0.39, 0.29) is 23.4 Å². The fourth-order valence-electron chi connectivity index (χ4n) is 1.45. The molecule has 0 fully saturated rings. The van der Waals surface area contributed by atoms with Crippen molar-refractivity contribution < 1.29 is 9.72 Å². The van der Waals surface area contributed by atoms with E-state index in [1.54, 1.807) is 6.20 Å². The summed E-state index contributed by atoms with van der Waals surface area (Å²) >= 11 is 5.74. The van der Waals surface area contributed by atoms with E-state index in [4.69, 9.17) is 11.6 Å². The zero-order chi connectivity index (χ0) is 13.8. The van der Waals surface area contributed by atoms with E-state index >= 15 is 0 Å². The van der Waals surface area contributed by atoms with Gasteiger partial charge in [0, 0.05) is 30.2 Å². The molecule has 19 heavy (non-hydrogen) atoms. The highest BCUT2D eigenvalue weighted by molar-refractivity contribution is 6.28. The van der Waals surface area contributed by atoms with Crippen LogP contribution >= 0.6 is 11.6 Å². The Balaban J connectivity index is 1.99. The second kappa shape index (κ2) is 5.49. The van der Waals surface area contributed by atoms with Gasteiger partial charge in [0.25, 0.3) is 5.69 Å². The molecule has 8 heteroatoms. The Hall–Kier alpha value is -2.41. The maximum atomic E-state index is 11.7. The molecule has 0 radical (unpaired) electrons. The average Bonchev–Trinajstić information content (AvgIpc) is 2.75. The van der Waals surface area contributed by atoms with Crippen LogP contribution in [0.1, 0.15) is 0 Å². The fraction of sp³-hybridized carbons (Fsp3) is 0.0909. The number of benzene rings is 1. The van der Waals surface area contributed by atoms with Crippen LogP contribution in [0.5, 0.6) is 0 Å². The van der Waals surface area contributed by atoms with Crippen LogP contribution in [0, 0.1) is 10.1 Å². The minimum atomic E-state index is -0.503. The van der Waals surface area contributed by atoms with Crippen molar-refractivity contribution in [3.05, 3.63) is 52.1 Å². The number of amides is 1. The van der Waals surface area contributed by atoms with Crippen LogP contribution in [-0.2, 0) is 11.3 Å². The summed E-state index contributed by atoms with van der Waals surface area (Å²) in [5.74, 6) is -0.297. The van der Waals surface area contributed by atoms with Crippen molar-refractivity contribution >= 4 is 28.9 Å². The molecule has 1 heterocycles. The number of carbonyl (C=O) groups is 1. The molecule has 1 amide bonds. The number of hydrogen-bond donors (Lipinski definition) is 1. The molecule has 7 nitrogen and oxygen atoms in total. The Labute approximate surface area is 113 Å². The Morgan fingerprint density at radius 2 is 2.11 bits per heavy atom. The highest BCUT2D eigenvalue weighted by Crippen LogP contribution is 2.15. The molecule has 1 aromatic carbocycles. The van der Waals surface area contributed by atoms with E-state index in [0.717, 1.165) is 0 Å². The Morgan fingerprint density at radius 1 is 1.42 bits per heavy atom. The third-order valence-corrected chi connectivity index (χ3v) is 2.66. The molecule has 1 aromatic heterocycles. The number of nitro benzene ring substituents is 1. The number of halogens is 1. The maximum absolute atomic E-state index is 11.7. The molecule has 0 spiro atoms. The number of hydrogen-bond acceptors (Lipinski definition) is 4. The lowest BCUT2D eigenvalue weighted by Gasteiger charge is -2.06. The van der Waals surface area contributed by atoms with Gasteiger partial charge in [-0.1, -0.05) is 0 Å². The first-order valence-electron chi connectivity index (χ1n) is 5.27. The smallest absolute Gasteiger partial charge is 0.269 e. The monoisotopic (exact) mass is 280 g/mol. The molecule has 0 atom stereocenters. The number of rotatable bonds is 4. The van der Waals surface area contributed by atoms with Crippen LogP contribution in [0.25, 0.3) is 0 Å². The SMILES string of the molecule is O=C(Cn1ccnc1Cl)Nc1ccc([N+](=O)[O-])cc1. The summed E-state index contributed by atoms with van der Waals surface area (Å²) < 4.78 is 1.47. The van der Waals surface area contributed by atoms with Crippen molar-refractivity contribution in [2.45, 2.75) is 6.54 Å². The van der Waals surface area contributed by atoms with E-state index < -0.39 is 4.92 Å². The zero-order valence-corrected chi connectivity index (χ0v) is 10.4. The van der Waals surface area contributed by atoms with Gasteiger partial charge in [0.2, 0.25) is 11.2 Å². The molecule has 0 aliphatic carbocycles. The van der Waals surface area contributed by atoms with Gasteiger partial charge in [0.05, 0.1) is 4.92 Å². The first-order valence-corrected chi connectivity index (χ1v) is 5.65. The lowest BCUT2D eigenvalue weighted by atomic mass is 10.3. The summed E-state index contributed by atoms with van der Waals surface area (Å²) in [6.45, 7) is 0.0236. The summed E-state index contributed by atoms with van der Waals surface area (Å²) in [5.41, 5.74) is 0.447. The lowest BCUT2D eigenvalue weighted by Crippen LogP contribution is -2.18. The molecule has 0 aliphatic heterocycles. The molecular formula is C11H9ClN4O3. The number of aromatic nitrogens is 2. The third-order valence-electron chi connectivity index (χ3n) is 2.34. The fourth-order valence-corrected chi connectivity index (χ4v) is 1.62. The van der Waals surface area contributed by atoms with Crippen LogP contribution in [0.4, 0.5) is 11.4 Å². The molecule has 2 rings (SSSR count). The van der Waals surface area contributed by atoms with Gasteiger partial charge in [-0.05, 0) is 23.7 Å². The van der Waals surface area contributed by atoms with Crippen LogP contribution in [0.3, 0.4) is 0 Å². The van der Waals surface area contributed by atoms with Gasteiger partial charge in [0.1, 0.15) is 6.54 Å². The van der Waals surface area contributed by atoms with Crippen molar-refractivity contribution in [2.75, 3.05) is 5.32 Å². The first kappa shape index (κ1) is 13.0. The van der Waals surface area contributed by atoms with Crippen molar-refractivity contribution in [3.8, 4) is 0 Å². The predicted molar refractivity (Wildman–Crippen MR) is 69.0 cm³/mol. The Kier molecular flexibility index (Phi) is 3.76. The second-order valence-electron chi connectivity index (χ2n) is 3.68. The zero-order valence-electron chi connectivity index (χ0n) is 9.62. The molecule has 0 bridgehead atoms. The standard InChI is InChI=1S/C11H9ClN4O3/c12-11-13-5-6-15(11)7-10(17)14-8-1-3-9(4-2-8)16(18)19/h1-6H,7H2,(H,14,17). The molecule has 2 aromatic rings. The van der Waals surface area contributed by atoms with Crippen LogP contribution < -0.4 is 5.32 Å². The van der Waals surface area contributed by atoms with Gasteiger partial charge in [0.15, 0.2) is 0 Å². The number of non-ortho nitro benzene ring substituents is 1. The van der Waals surface area contributed by atoms with E-state index in [0.29, 0.717) is 5.69 Å². The largest absolute Gasteiger partial charge is 0.325 e. The van der Waals surface area contributed by atoms with Gasteiger partial charge in [-0.3, -0.25) is 14.9 Å². The third kappa shape index (κ3) is 3.29. The summed E-state index contributed by atoms with van der Waals surface area (Å²) in [5, 5.41) is 13.3. The normalized spacial score (nSPS) is 10.2. The van der Waals surface area contributed by atoms with Crippen LogP contribution in [0.15, 0.2) is 36.7 Å². The van der Waals surface area contributed by atoms with E-state index in [1.165, 1.54) is 35.0 Å². The number of nitrogens with zero attached hydrogens (tertiary/aromatic N) is 3. The van der Waals surface area contributed by atoms with E-state index in [9.17, 15) is 14.9 Å². The van der Waals surface area contributed by atoms with Gasteiger partial charge >= 0.3 is 0 Å². The van der Waals surface area contributed by atoms with Gasteiger partial charge in [-0.15, -0.1) is 0 Å². The first-order chi connectivity index (χ1) is 9.06. The van der Waals surface area contributed by atoms with Gasteiger partial charge in [-0.2, -0.15) is 0 Å². The minimum Gasteiger partial charge on any atom is -0.325 e. The number of nitrogens with one attached hydrogen (secondary N) is 1. The van der Waals surface area contributed by atoms with Crippen LogP contribution in [0.2, 0.25) is 5.28 Å². The molecule has 98 valence electrons. The quantitative estimate of drug-likeness (QED) is 0.686. The van der Waals surface area contributed by atoms with Crippen molar-refractivity contribution in [1.29, 1.82) is 0 Å². The van der Waals surface area contributed by atoms with Crippen molar-refractivity contribution in [2.24, 2.45) is 0 Å². The molecule has 0 unspecified atom stereocenters. The molecule has 0 aliphatic rings. The van der Waals surface area contributed by atoms with Gasteiger partial charge in [-0.25, -0.2) is 4.98 Å². The molecule has 0 saturated heterocycles. The van der Waals surface area contributed by atoms with Gasteiger partial charge < -0.3 is 9.88 Å². The predicted octanol–water partition coefficient (Wildman–Crippen LogP) is 2.08. The highest BCUT2D eigenvalue weighted by Gasteiger charge is 2.08.